The van der Waals surface area contributed by atoms with Crippen molar-refractivity contribution in [2.24, 2.45) is 0 Å². The van der Waals surface area contributed by atoms with Crippen LogP contribution >= 0.6 is 15.9 Å². The molecule has 0 aromatic heterocycles. The first-order valence-corrected chi connectivity index (χ1v) is 12.1. The van der Waals surface area contributed by atoms with Crippen molar-refractivity contribution in [2.75, 3.05) is 11.9 Å². The molecule has 1 atom stereocenters. The van der Waals surface area contributed by atoms with Crippen LogP contribution in [0.25, 0.3) is 11.1 Å². The van der Waals surface area contributed by atoms with Gasteiger partial charge >= 0.3 is 12.1 Å². The van der Waals surface area contributed by atoms with E-state index in [2.05, 4.69) is 38.7 Å². The van der Waals surface area contributed by atoms with E-state index in [-0.39, 0.29) is 23.8 Å². The van der Waals surface area contributed by atoms with Gasteiger partial charge in [-0.15, -0.1) is 0 Å². The fourth-order valence-corrected chi connectivity index (χ4v) is 4.73. The first-order chi connectivity index (χ1) is 16.9. The summed E-state index contributed by atoms with van der Waals surface area (Å²) in [5.74, 6) is -1.77. The Bertz CT molecular complexity index is 1230. The molecule has 3 N–H and O–H groups in total. The second kappa shape index (κ2) is 10.7. The monoisotopic (exact) mass is 536 g/mol. The van der Waals surface area contributed by atoms with E-state index in [4.69, 9.17) is 4.74 Å². The van der Waals surface area contributed by atoms with Gasteiger partial charge in [0.2, 0.25) is 5.91 Å². The first-order valence-electron chi connectivity index (χ1n) is 11.3. The molecule has 0 radical (unpaired) electrons. The van der Waals surface area contributed by atoms with Crippen LogP contribution in [0, 0.1) is 0 Å². The molecule has 0 bridgehead atoms. The van der Waals surface area contributed by atoms with Crippen molar-refractivity contribution in [3.8, 4) is 11.1 Å². The summed E-state index contributed by atoms with van der Waals surface area (Å²) in [6.45, 7) is 2.02. The van der Waals surface area contributed by atoms with Crippen LogP contribution in [0.4, 0.5) is 10.5 Å². The Balaban J connectivity index is 1.43. The number of carbonyl (C=O) groups is 3. The van der Waals surface area contributed by atoms with Gasteiger partial charge in [0.15, 0.2) is 0 Å². The van der Waals surface area contributed by atoms with Crippen molar-refractivity contribution in [1.82, 2.24) is 5.32 Å². The van der Waals surface area contributed by atoms with Gasteiger partial charge < -0.3 is 20.5 Å². The number of hydrogen-bond donors (Lipinski definition) is 3. The van der Waals surface area contributed by atoms with E-state index in [9.17, 15) is 19.5 Å². The lowest BCUT2D eigenvalue weighted by Crippen LogP contribution is -2.44. The van der Waals surface area contributed by atoms with Gasteiger partial charge in [-0.3, -0.25) is 4.79 Å². The molecule has 0 saturated carbocycles. The second-order valence-corrected chi connectivity index (χ2v) is 9.21. The molecule has 2 amide bonds. The number of carbonyl (C=O) groups excluding carboxylic acids is 2. The molecule has 1 aliphatic rings. The van der Waals surface area contributed by atoms with Crippen molar-refractivity contribution in [1.29, 1.82) is 0 Å². The lowest BCUT2D eigenvalue weighted by atomic mass is 9.98. The van der Waals surface area contributed by atoms with Crippen molar-refractivity contribution in [3.63, 3.8) is 0 Å². The number of halogens is 1. The molecule has 0 saturated heterocycles. The van der Waals surface area contributed by atoms with Crippen LogP contribution in [0.2, 0.25) is 0 Å². The van der Waals surface area contributed by atoms with E-state index in [1.54, 1.807) is 6.07 Å². The van der Waals surface area contributed by atoms with Gasteiger partial charge in [0.05, 0.1) is 11.3 Å². The summed E-state index contributed by atoms with van der Waals surface area (Å²) in [6, 6.07) is 19.7. The largest absolute Gasteiger partial charge is 0.478 e. The van der Waals surface area contributed by atoms with Crippen LogP contribution in [0.3, 0.4) is 0 Å². The van der Waals surface area contributed by atoms with Crippen LogP contribution in [0.5, 0.6) is 0 Å². The van der Waals surface area contributed by atoms with Gasteiger partial charge in [-0.05, 0) is 46.9 Å². The molecule has 35 heavy (non-hydrogen) atoms. The summed E-state index contributed by atoms with van der Waals surface area (Å²) in [5, 5.41) is 14.7. The Labute approximate surface area is 211 Å². The highest BCUT2D eigenvalue weighted by molar-refractivity contribution is 9.10. The van der Waals surface area contributed by atoms with E-state index < -0.39 is 24.0 Å². The quantitative estimate of drug-likeness (QED) is 0.337. The van der Waals surface area contributed by atoms with Crippen LogP contribution < -0.4 is 10.6 Å². The van der Waals surface area contributed by atoms with E-state index in [1.165, 1.54) is 12.1 Å². The summed E-state index contributed by atoms with van der Waals surface area (Å²) < 4.78 is 6.19. The molecule has 0 heterocycles. The minimum atomic E-state index is -1.16. The normalized spacial score (nSPS) is 12.9. The lowest BCUT2D eigenvalue weighted by Gasteiger charge is -2.20. The Morgan fingerprint density at radius 1 is 1.00 bits per heavy atom. The van der Waals surface area contributed by atoms with E-state index in [0.717, 1.165) is 22.3 Å². The third kappa shape index (κ3) is 5.38. The Morgan fingerprint density at radius 3 is 2.23 bits per heavy atom. The average molecular weight is 537 g/mol. The molecule has 3 aromatic rings. The van der Waals surface area contributed by atoms with Crippen molar-refractivity contribution in [2.45, 2.75) is 31.7 Å². The number of fused-ring (bicyclic) bond motifs is 3. The predicted octanol–water partition coefficient (Wildman–Crippen LogP) is 5.79. The average Bonchev–Trinajstić information content (AvgIpc) is 3.16. The zero-order valence-corrected chi connectivity index (χ0v) is 20.7. The molecule has 0 fully saturated rings. The standard InChI is InChI=1S/C27H25BrN2O5/c1-2-7-23(25(31)29-24-14-16(28)12-13-21(24)26(32)33)30-27(34)35-15-22-19-10-5-3-8-17(19)18-9-4-6-11-20(18)22/h3-6,8-14,22-23H,2,7,15H2,1H3,(H,29,31)(H,30,34)(H,32,33)/t23-/m0/s1. The molecule has 0 spiro atoms. The number of anilines is 1. The molecule has 180 valence electrons. The minimum Gasteiger partial charge on any atom is -0.478 e. The van der Waals surface area contributed by atoms with Gasteiger partial charge in [0.25, 0.3) is 0 Å². The molecule has 0 unspecified atom stereocenters. The van der Waals surface area contributed by atoms with E-state index in [1.807, 2.05) is 43.3 Å². The van der Waals surface area contributed by atoms with E-state index >= 15 is 0 Å². The number of carboxylic acid groups (broad SMARTS) is 1. The first kappa shape index (κ1) is 24.5. The SMILES string of the molecule is CCC[C@H](NC(=O)OCC1c2ccccc2-c2ccccc21)C(=O)Nc1cc(Br)ccc1C(=O)O. The number of aromatic carboxylic acids is 1. The maximum absolute atomic E-state index is 12.9. The Morgan fingerprint density at radius 2 is 1.63 bits per heavy atom. The van der Waals surface area contributed by atoms with Gasteiger partial charge in [0, 0.05) is 10.4 Å². The number of hydrogen-bond acceptors (Lipinski definition) is 4. The zero-order valence-electron chi connectivity index (χ0n) is 19.1. The number of benzene rings is 3. The lowest BCUT2D eigenvalue weighted by molar-refractivity contribution is -0.118. The smallest absolute Gasteiger partial charge is 0.407 e. The molecule has 4 rings (SSSR count). The Hall–Kier alpha value is -3.65. The number of amides is 2. The van der Waals surface area contributed by atoms with Crippen molar-refractivity contribution >= 4 is 39.6 Å². The summed E-state index contributed by atoms with van der Waals surface area (Å²) >= 11 is 3.29. The molecule has 0 aliphatic heterocycles. The maximum atomic E-state index is 12.9. The predicted molar refractivity (Wildman–Crippen MR) is 137 cm³/mol. The van der Waals surface area contributed by atoms with Gasteiger partial charge in [-0.25, -0.2) is 9.59 Å². The number of nitrogens with one attached hydrogen (secondary N) is 2. The summed E-state index contributed by atoms with van der Waals surface area (Å²) in [5.41, 5.74) is 4.55. The van der Waals surface area contributed by atoms with Gasteiger partial charge in [-0.1, -0.05) is 77.8 Å². The second-order valence-electron chi connectivity index (χ2n) is 8.30. The molecule has 8 heteroatoms. The molecule has 7 nitrogen and oxygen atoms in total. The summed E-state index contributed by atoms with van der Waals surface area (Å²) in [6.07, 6.45) is 0.298. The topological polar surface area (TPSA) is 105 Å². The van der Waals surface area contributed by atoms with E-state index in [0.29, 0.717) is 17.3 Å². The molecule has 1 aliphatic carbocycles. The van der Waals surface area contributed by atoms with Gasteiger partial charge in [0.1, 0.15) is 12.6 Å². The van der Waals surface area contributed by atoms with Crippen molar-refractivity contribution < 1.29 is 24.2 Å². The molecular formula is C27H25BrN2O5. The van der Waals surface area contributed by atoms with Crippen molar-refractivity contribution in [3.05, 3.63) is 87.9 Å². The van der Waals surface area contributed by atoms with Crippen LogP contribution in [-0.2, 0) is 9.53 Å². The summed E-state index contributed by atoms with van der Waals surface area (Å²) in [4.78, 5) is 37.1. The third-order valence-corrected chi connectivity index (χ3v) is 6.49. The highest BCUT2D eigenvalue weighted by Gasteiger charge is 2.30. The van der Waals surface area contributed by atoms with Crippen LogP contribution in [-0.4, -0.2) is 35.7 Å². The summed E-state index contributed by atoms with van der Waals surface area (Å²) in [7, 11) is 0. The molecule has 3 aromatic carbocycles. The highest BCUT2D eigenvalue weighted by Crippen LogP contribution is 2.44. The fourth-order valence-electron chi connectivity index (χ4n) is 4.37. The zero-order chi connectivity index (χ0) is 24.9. The fraction of sp³-hybridized carbons (Fsp3) is 0.222. The minimum absolute atomic E-state index is 0.0436. The number of rotatable bonds is 8. The third-order valence-electron chi connectivity index (χ3n) is 6.00. The van der Waals surface area contributed by atoms with Crippen LogP contribution in [0.1, 0.15) is 47.2 Å². The molecular weight excluding hydrogens is 512 g/mol. The maximum Gasteiger partial charge on any atom is 0.407 e. The number of alkyl carbamates (subject to hydrolysis) is 1. The number of ether oxygens (including phenoxy) is 1. The Kier molecular flexibility index (Phi) is 7.51. The van der Waals surface area contributed by atoms with Crippen LogP contribution in [0.15, 0.2) is 71.2 Å². The highest BCUT2D eigenvalue weighted by atomic mass is 79.9. The number of carboxylic acids is 1. The van der Waals surface area contributed by atoms with Gasteiger partial charge in [-0.2, -0.15) is 0 Å².